The number of hydrogen-bond donors (Lipinski definition) is 1. The highest BCUT2D eigenvalue weighted by Gasteiger charge is 2.24. The van der Waals surface area contributed by atoms with Crippen LogP contribution in [-0.4, -0.2) is 45.1 Å². The highest BCUT2D eigenvalue weighted by atomic mass is 32.1. The molecule has 3 aromatic heterocycles. The summed E-state index contributed by atoms with van der Waals surface area (Å²) < 4.78 is 10.1. The second-order valence-corrected chi connectivity index (χ2v) is 9.94. The molecule has 8 heteroatoms. The molecule has 1 aromatic carbocycles. The molecular weight excluding hydrogens is 434 g/mol. The topological polar surface area (TPSA) is 78.3 Å². The van der Waals surface area contributed by atoms with Gasteiger partial charge in [0.2, 0.25) is 0 Å². The van der Waals surface area contributed by atoms with E-state index in [9.17, 15) is 4.79 Å². The van der Waals surface area contributed by atoms with Gasteiger partial charge in [-0.3, -0.25) is 4.79 Å². The average Bonchev–Trinajstić information content (AvgIpc) is 3.47. The van der Waals surface area contributed by atoms with Crippen molar-refractivity contribution in [3.8, 4) is 17.3 Å². The number of hydrogen-bond acceptors (Lipinski definition) is 5. The molecule has 7 nitrogen and oxygen atoms in total. The third kappa shape index (κ3) is 3.68. The van der Waals surface area contributed by atoms with Crippen molar-refractivity contribution in [1.29, 1.82) is 0 Å². The highest BCUT2D eigenvalue weighted by molar-refractivity contribution is 7.16. The zero-order valence-electron chi connectivity index (χ0n) is 19.5. The standard InChI is InChI=1S/C25H29N5O2S/c1-15(2)13-30-20(11-16-7-9-33-25(16)30)23-27-19-10-17(12-21(32-4)22(19)28(23)3)24(31)29-8-5-6-18(26)14-29/h6-7,9-12,15H,5,8,13-14,26H2,1-4H3. The molecule has 0 spiro atoms. The van der Waals surface area contributed by atoms with Crippen LogP contribution in [0.15, 0.2) is 41.4 Å². The van der Waals surface area contributed by atoms with Gasteiger partial charge in [-0.1, -0.05) is 19.9 Å². The molecule has 0 saturated heterocycles. The molecule has 0 atom stereocenters. The number of ether oxygens (including phenoxy) is 1. The number of thiophene rings is 1. The summed E-state index contributed by atoms with van der Waals surface area (Å²) in [4.78, 5) is 21.3. The van der Waals surface area contributed by atoms with Gasteiger partial charge >= 0.3 is 0 Å². The van der Waals surface area contributed by atoms with Gasteiger partial charge in [-0.05, 0) is 42.0 Å². The van der Waals surface area contributed by atoms with E-state index in [1.54, 1.807) is 23.3 Å². The molecular formula is C25H29N5O2S. The zero-order valence-corrected chi connectivity index (χ0v) is 20.3. The van der Waals surface area contributed by atoms with Gasteiger partial charge in [0.1, 0.15) is 16.1 Å². The Hall–Kier alpha value is -3.26. The Bertz CT molecular complexity index is 1390. The predicted octanol–water partition coefficient (Wildman–Crippen LogP) is 4.61. The molecule has 0 aliphatic carbocycles. The third-order valence-electron chi connectivity index (χ3n) is 6.15. The van der Waals surface area contributed by atoms with Gasteiger partial charge in [-0.2, -0.15) is 0 Å². The van der Waals surface area contributed by atoms with Crippen molar-refractivity contribution in [1.82, 2.24) is 19.0 Å². The number of nitrogens with two attached hydrogens (primary N) is 1. The van der Waals surface area contributed by atoms with Crippen molar-refractivity contribution in [2.24, 2.45) is 18.7 Å². The number of aryl methyl sites for hydroxylation is 1. The fraction of sp³-hybridized carbons (Fsp3) is 0.360. The first-order valence-corrected chi connectivity index (χ1v) is 12.1. The number of carbonyl (C=O) groups is 1. The van der Waals surface area contributed by atoms with E-state index in [0.29, 0.717) is 30.3 Å². The normalized spacial score (nSPS) is 14.5. The van der Waals surface area contributed by atoms with Crippen molar-refractivity contribution < 1.29 is 9.53 Å². The molecule has 4 aromatic rings. The van der Waals surface area contributed by atoms with Crippen LogP contribution in [0.1, 0.15) is 30.6 Å². The van der Waals surface area contributed by atoms with Gasteiger partial charge in [0.05, 0.1) is 24.9 Å². The minimum atomic E-state index is -0.0536. The lowest BCUT2D eigenvalue weighted by molar-refractivity contribution is 0.0765. The average molecular weight is 464 g/mol. The number of fused-ring (bicyclic) bond motifs is 2. The lowest BCUT2D eigenvalue weighted by Crippen LogP contribution is -2.37. The van der Waals surface area contributed by atoms with Crippen LogP contribution in [0, 0.1) is 5.92 Å². The van der Waals surface area contributed by atoms with E-state index in [1.807, 2.05) is 25.3 Å². The second kappa shape index (κ2) is 8.26. The van der Waals surface area contributed by atoms with E-state index in [0.717, 1.165) is 41.2 Å². The molecule has 5 rings (SSSR count). The predicted molar refractivity (Wildman–Crippen MR) is 134 cm³/mol. The van der Waals surface area contributed by atoms with Crippen LogP contribution in [0.25, 0.3) is 32.8 Å². The SMILES string of the molecule is COc1cc(C(=O)N2CCC=C(N)C2)cc2nc(-c3cc4ccsc4n3CC(C)C)n(C)c12. The zero-order chi connectivity index (χ0) is 23.3. The van der Waals surface area contributed by atoms with Gasteiger partial charge in [-0.25, -0.2) is 4.98 Å². The molecule has 0 bridgehead atoms. The van der Waals surface area contributed by atoms with Crippen LogP contribution in [0.2, 0.25) is 0 Å². The first-order chi connectivity index (χ1) is 15.9. The van der Waals surface area contributed by atoms with Crippen LogP contribution >= 0.6 is 11.3 Å². The second-order valence-electron chi connectivity index (χ2n) is 9.05. The highest BCUT2D eigenvalue weighted by Crippen LogP contribution is 2.36. The van der Waals surface area contributed by atoms with Crippen LogP contribution in [-0.2, 0) is 13.6 Å². The fourth-order valence-electron chi connectivity index (χ4n) is 4.65. The third-order valence-corrected chi connectivity index (χ3v) is 7.10. The van der Waals surface area contributed by atoms with Crippen molar-refractivity contribution in [2.45, 2.75) is 26.8 Å². The molecule has 1 aliphatic rings. The van der Waals surface area contributed by atoms with Crippen LogP contribution < -0.4 is 10.5 Å². The first-order valence-electron chi connectivity index (χ1n) is 11.2. The van der Waals surface area contributed by atoms with Crippen LogP contribution in [0.3, 0.4) is 0 Å². The number of benzene rings is 1. The summed E-state index contributed by atoms with van der Waals surface area (Å²) in [7, 11) is 3.64. The number of imidazole rings is 1. The van der Waals surface area contributed by atoms with Gasteiger partial charge in [0.15, 0.2) is 5.82 Å². The maximum absolute atomic E-state index is 13.2. The summed E-state index contributed by atoms with van der Waals surface area (Å²) in [5.74, 6) is 1.95. The largest absolute Gasteiger partial charge is 0.494 e. The number of rotatable bonds is 5. The molecule has 172 valence electrons. The van der Waals surface area contributed by atoms with E-state index in [-0.39, 0.29) is 5.91 Å². The maximum atomic E-state index is 13.2. The molecule has 4 heterocycles. The summed E-state index contributed by atoms with van der Waals surface area (Å²) in [6.45, 7) is 6.47. The van der Waals surface area contributed by atoms with Gasteiger partial charge < -0.3 is 24.5 Å². The lowest BCUT2D eigenvalue weighted by atomic mass is 10.1. The lowest BCUT2D eigenvalue weighted by Gasteiger charge is -2.26. The van der Waals surface area contributed by atoms with Crippen molar-refractivity contribution in [3.63, 3.8) is 0 Å². The van der Waals surface area contributed by atoms with E-state index >= 15 is 0 Å². The summed E-state index contributed by atoms with van der Waals surface area (Å²) in [5, 5.41) is 3.35. The Labute approximate surface area is 197 Å². The Balaban J connectivity index is 1.64. The fourth-order valence-corrected chi connectivity index (χ4v) is 5.56. The minimum Gasteiger partial charge on any atom is -0.494 e. The summed E-state index contributed by atoms with van der Waals surface area (Å²) in [6.07, 6.45) is 2.75. The van der Waals surface area contributed by atoms with Crippen molar-refractivity contribution in [3.05, 3.63) is 47.0 Å². The van der Waals surface area contributed by atoms with Crippen molar-refractivity contribution >= 4 is 38.5 Å². The van der Waals surface area contributed by atoms with Gasteiger partial charge in [-0.15, -0.1) is 11.3 Å². The summed E-state index contributed by atoms with van der Waals surface area (Å²) in [6, 6.07) is 8.04. The smallest absolute Gasteiger partial charge is 0.254 e. The summed E-state index contributed by atoms with van der Waals surface area (Å²) >= 11 is 1.75. The number of amides is 1. The van der Waals surface area contributed by atoms with Crippen LogP contribution in [0.5, 0.6) is 5.75 Å². The van der Waals surface area contributed by atoms with E-state index in [2.05, 4.69) is 40.5 Å². The molecule has 1 aliphatic heterocycles. The monoisotopic (exact) mass is 463 g/mol. The number of nitrogens with zero attached hydrogens (tertiary/aromatic N) is 4. The molecule has 0 unspecified atom stereocenters. The number of methoxy groups -OCH3 is 1. The summed E-state index contributed by atoms with van der Waals surface area (Å²) in [5.41, 5.74) is 9.97. The molecule has 2 N–H and O–H groups in total. The molecule has 0 radical (unpaired) electrons. The molecule has 0 saturated carbocycles. The van der Waals surface area contributed by atoms with Gasteiger partial charge in [0, 0.05) is 36.8 Å². The number of aromatic nitrogens is 3. The van der Waals surface area contributed by atoms with Gasteiger partial charge in [0.25, 0.3) is 5.91 Å². The Morgan fingerprint density at radius 1 is 1.30 bits per heavy atom. The quantitative estimate of drug-likeness (QED) is 0.469. The van der Waals surface area contributed by atoms with Crippen molar-refractivity contribution in [2.75, 3.05) is 20.2 Å². The molecule has 0 fully saturated rings. The van der Waals surface area contributed by atoms with E-state index < -0.39 is 0 Å². The van der Waals surface area contributed by atoms with E-state index in [1.165, 1.54) is 10.2 Å². The minimum absolute atomic E-state index is 0.0536. The molecule has 33 heavy (non-hydrogen) atoms. The maximum Gasteiger partial charge on any atom is 0.254 e. The van der Waals surface area contributed by atoms with E-state index in [4.69, 9.17) is 15.5 Å². The Morgan fingerprint density at radius 2 is 2.12 bits per heavy atom. The van der Waals surface area contributed by atoms with Crippen LogP contribution in [0.4, 0.5) is 0 Å². The first kappa shape index (κ1) is 21.6. The molecule has 1 amide bonds. The Morgan fingerprint density at radius 3 is 2.85 bits per heavy atom. The number of carbonyl (C=O) groups excluding carboxylic acids is 1. The Kier molecular flexibility index (Phi) is 5.40.